The number of hydrogen-bond donors (Lipinski definition) is 2. The lowest BCUT2D eigenvalue weighted by Crippen LogP contribution is -2.25. The van der Waals surface area contributed by atoms with E-state index in [1.165, 1.54) is 14.2 Å². The van der Waals surface area contributed by atoms with Gasteiger partial charge in [0.15, 0.2) is 5.82 Å². The van der Waals surface area contributed by atoms with Gasteiger partial charge >= 0.3 is 0 Å². The van der Waals surface area contributed by atoms with Crippen LogP contribution in [0.2, 0.25) is 5.02 Å². The maximum absolute atomic E-state index is 12.8. The molecule has 170 valence electrons. The summed E-state index contributed by atoms with van der Waals surface area (Å²) in [5, 5.41) is 7.92. The van der Waals surface area contributed by atoms with Gasteiger partial charge in [0.05, 0.1) is 25.3 Å². The highest BCUT2D eigenvalue weighted by Crippen LogP contribution is 2.36. The summed E-state index contributed by atoms with van der Waals surface area (Å²) in [4.78, 5) is 9.30. The molecular weight excluding hydrogens is 464 g/mol. The molecule has 0 saturated heterocycles. The molecule has 0 aliphatic rings. The molecule has 0 saturated carbocycles. The Labute approximate surface area is 196 Å². The number of halogens is 1. The van der Waals surface area contributed by atoms with Crippen LogP contribution < -0.4 is 19.9 Å². The first-order valence-electron chi connectivity index (χ1n) is 9.82. The lowest BCUT2D eigenvalue weighted by molar-refractivity contribution is 0.395. The van der Waals surface area contributed by atoms with E-state index in [1.54, 1.807) is 60.7 Å². The van der Waals surface area contributed by atoms with Crippen molar-refractivity contribution in [2.45, 2.75) is 5.25 Å². The van der Waals surface area contributed by atoms with Gasteiger partial charge in [-0.15, -0.1) is 0 Å². The number of nitrogens with two attached hydrogens (primary N) is 1. The zero-order chi connectivity index (χ0) is 23.6. The number of sulfonamides is 1. The van der Waals surface area contributed by atoms with E-state index in [4.69, 9.17) is 26.2 Å². The molecule has 0 bridgehead atoms. The van der Waals surface area contributed by atoms with Crippen LogP contribution in [0, 0.1) is 0 Å². The predicted octanol–water partition coefficient (Wildman–Crippen LogP) is 4.42. The minimum absolute atomic E-state index is 0.139. The summed E-state index contributed by atoms with van der Waals surface area (Å²) in [5.41, 5.74) is 2.19. The Morgan fingerprint density at radius 1 is 0.909 bits per heavy atom. The van der Waals surface area contributed by atoms with E-state index in [2.05, 4.69) is 15.3 Å². The maximum atomic E-state index is 12.8. The van der Waals surface area contributed by atoms with Crippen LogP contribution in [-0.4, -0.2) is 32.6 Å². The Bertz CT molecular complexity index is 1410. The van der Waals surface area contributed by atoms with E-state index in [0.717, 1.165) is 0 Å². The van der Waals surface area contributed by atoms with Crippen LogP contribution in [0.1, 0.15) is 16.5 Å². The van der Waals surface area contributed by atoms with Crippen molar-refractivity contribution in [2.24, 2.45) is 5.14 Å². The van der Waals surface area contributed by atoms with Gasteiger partial charge in [-0.1, -0.05) is 35.9 Å². The summed E-state index contributed by atoms with van der Waals surface area (Å²) in [5.74, 6) is 1.32. The van der Waals surface area contributed by atoms with E-state index in [9.17, 15) is 8.42 Å². The number of hydrogen-bond acceptors (Lipinski definition) is 7. The number of benzene rings is 3. The summed E-state index contributed by atoms with van der Waals surface area (Å²) in [7, 11) is -1.07. The van der Waals surface area contributed by atoms with E-state index in [1.807, 2.05) is 6.07 Å². The third kappa shape index (κ3) is 5.00. The molecule has 1 atom stereocenters. The third-order valence-electron chi connectivity index (χ3n) is 4.94. The van der Waals surface area contributed by atoms with Crippen molar-refractivity contribution < 1.29 is 17.9 Å². The molecular formula is C23H21ClN4O4S. The second-order valence-electron chi connectivity index (χ2n) is 7.20. The fourth-order valence-electron chi connectivity index (χ4n) is 3.48. The van der Waals surface area contributed by atoms with Crippen molar-refractivity contribution in [3.63, 3.8) is 0 Å². The first kappa shape index (κ1) is 22.8. The summed E-state index contributed by atoms with van der Waals surface area (Å²) in [6.45, 7) is 0. The van der Waals surface area contributed by atoms with E-state index in [0.29, 0.717) is 38.8 Å². The van der Waals surface area contributed by atoms with Crippen LogP contribution in [0.25, 0.3) is 11.0 Å². The third-order valence-corrected chi connectivity index (χ3v) is 6.33. The molecule has 4 aromatic rings. The normalized spacial score (nSPS) is 12.4. The number of para-hydroxylation sites is 2. The van der Waals surface area contributed by atoms with Gasteiger partial charge in [0.25, 0.3) is 0 Å². The lowest BCUT2D eigenvalue weighted by Gasteiger charge is -2.20. The van der Waals surface area contributed by atoms with Gasteiger partial charge in [-0.3, -0.25) is 0 Å². The summed E-state index contributed by atoms with van der Waals surface area (Å²) in [6, 6.07) is 18.8. The lowest BCUT2D eigenvalue weighted by atomic mass is 10.1. The second-order valence-corrected chi connectivity index (χ2v) is 9.28. The number of nitrogens with one attached hydrogen (secondary N) is 1. The molecule has 1 heterocycles. The Morgan fingerprint density at radius 2 is 1.55 bits per heavy atom. The molecule has 1 unspecified atom stereocenters. The van der Waals surface area contributed by atoms with Crippen molar-refractivity contribution in [2.75, 3.05) is 19.5 Å². The number of fused-ring (bicyclic) bond motifs is 1. The molecule has 3 N–H and O–H groups in total. The highest BCUT2D eigenvalue weighted by molar-refractivity contribution is 7.89. The Morgan fingerprint density at radius 3 is 2.12 bits per heavy atom. The zero-order valence-electron chi connectivity index (χ0n) is 17.8. The minimum atomic E-state index is -4.15. The Balaban J connectivity index is 1.95. The molecule has 0 aliphatic heterocycles. The SMILES string of the molecule is COc1cc(Nc2nc3ccccc3nc2C(c2cccc(Cl)c2)S(N)(=O)=O)cc(OC)c1. The summed E-state index contributed by atoms with van der Waals surface area (Å²) in [6.07, 6.45) is 0. The maximum Gasteiger partial charge on any atom is 0.222 e. The van der Waals surface area contributed by atoms with E-state index >= 15 is 0 Å². The van der Waals surface area contributed by atoms with Gasteiger partial charge in [-0.25, -0.2) is 23.5 Å². The zero-order valence-corrected chi connectivity index (χ0v) is 19.4. The minimum Gasteiger partial charge on any atom is -0.497 e. The second kappa shape index (κ2) is 9.22. The van der Waals surface area contributed by atoms with Crippen LogP contribution in [0.5, 0.6) is 11.5 Å². The molecule has 0 amide bonds. The Hall–Kier alpha value is -3.40. The largest absolute Gasteiger partial charge is 0.497 e. The van der Waals surface area contributed by atoms with Crippen molar-refractivity contribution >= 4 is 44.2 Å². The molecule has 0 radical (unpaired) electrons. The highest BCUT2D eigenvalue weighted by atomic mass is 35.5. The van der Waals surface area contributed by atoms with Gasteiger partial charge in [0.2, 0.25) is 10.0 Å². The number of primary sulfonamides is 1. The molecule has 0 spiro atoms. The van der Waals surface area contributed by atoms with Crippen molar-refractivity contribution in [1.29, 1.82) is 0 Å². The van der Waals surface area contributed by atoms with Gasteiger partial charge in [-0.05, 0) is 29.8 Å². The van der Waals surface area contributed by atoms with Crippen LogP contribution in [-0.2, 0) is 10.0 Å². The molecule has 8 nitrogen and oxygen atoms in total. The van der Waals surface area contributed by atoms with Crippen molar-refractivity contribution in [1.82, 2.24) is 9.97 Å². The smallest absolute Gasteiger partial charge is 0.222 e. The van der Waals surface area contributed by atoms with Gasteiger partial charge in [0, 0.05) is 28.9 Å². The van der Waals surface area contributed by atoms with Crippen LogP contribution in [0.3, 0.4) is 0 Å². The topological polar surface area (TPSA) is 116 Å². The number of aromatic nitrogens is 2. The van der Waals surface area contributed by atoms with Crippen molar-refractivity contribution in [3.8, 4) is 11.5 Å². The molecule has 4 rings (SSSR count). The number of ether oxygens (including phenoxy) is 2. The van der Waals surface area contributed by atoms with Crippen LogP contribution in [0.4, 0.5) is 11.5 Å². The highest BCUT2D eigenvalue weighted by Gasteiger charge is 2.31. The summed E-state index contributed by atoms with van der Waals surface area (Å²) < 4.78 is 36.2. The quantitative estimate of drug-likeness (QED) is 0.398. The van der Waals surface area contributed by atoms with Crippen LogP contribution in [0.15, 0.2) is 66.7 Å². The van der Waals surface area contributed by atoms with Gasteiger partial charge in [-0.2, -0.15) is 0 Å². The summed E-state index contributed by atoms with van der Waals surface area (Å²) >= 11 is 6.14. The number of nitrogens with zero attached hydrogens (tertiary/aromatic N) is 2. The van der Waals surface area contributed by atoms with E-state index < -0.39 is 15.3 Å². The fourth-order valence-corrected chi connectivity index (χ4v) is 4.68. The van der Waals surface area contributed by atoms with E-state index in [-0.39, 0.29) is 11.5 Å². The van der Waals surface area contributed by atoms with Gasteiger partial charge in [0.1, 0.15) is 22.4 Å². The number of rotatable bonds is 7. The molecule has 33 heavy (non-hydrogen) atoms. The molecule has 3 aromatic carbocycles. The van der Waals surface area contributed by atoms with Crippen molar-refractivity contribution in [3.05, 3.63) is 83.0 Å². The monoisotopic (exact) mass is 484 g/mol. The van der Waals surface area contributed by atoms with Crippen LogP contribution >= 0.6 is 11.6 Å². The fraction of sp³-hybridized carbons (Fsp3) is 0.130. The molecule has 0 fully saturated rings. The predicted molar refractivity (Wildman–Crippen MR) is 129 cm³/mol. The van der Waals surface area contributed by atoms with Gasteiger partial charge < -0.3 is 14.8 Å². The molecule has 10 heteroatoms. The molecule has 0 aliphatic carbocycles. The molecule has 1 aromatic heterocycles. The first-order chi connectivity index (χ1) is 15.8. The average Bonchev–Trinajstić information content (AvgIpc) is 2.78. The number of methoxy groups -OCH3 is 2. The first-order valence-corrected chi connectivity index (χ1v) is 11.8. The standard InChI is InChI=1S/C23H21ClN4O4S/c1-31-17-11-16(12-18(13-17)32-2)26-23-21(27-19-8-3-4-9-20(19)28-23)22(33(25,29)30)14-6-5-7-15(24)10-14/h3-13,22H,1-2H3,(H,26,28)(H2,25,29,30). The average molecular weight is 485 g/mol. The number of anilines is 2. The Kier molecular flexibility index (Phi) is 6.37.